The number of sulfonamides is 1. The first kappa shape index (κ1) is 16.1. The predicted octanol–water partition coefficient (Wildman–Crippen LogP) is 0.779. The van der Waals surface area contributed by atoms with Crippen LogP contribution in [0.2, 0.25) is 0 Å². The fourth-order valence-electron chi connectivity index (χ4n) is 2.56. The molecule has 3 rings (SSSR count). The molecule has 1 aromatic carbocycles. The maximum atomic E-state index is 12.6. The Morgan fingerprint density at radius 1 is 1.35 bits per heavy atom. The molecule has 1 N–H and O–H groups in total. The lowest BCUT2D eigenvalue weighted by molar-refractivity contribution is 0.0761. The van der Waals surface area contributed by atoms with E-state index in [-0.39, 0.29) is 17.0 Å². The van der Waals surface area contributed by atoms with Crippen molar-refractivity contribution in [2.45, 2.75) is 17.0 Å². The second kappa shape index (κ2) is 6.40. The third-order valence-corrected chi connectivity index (χ3v) is 5.31. The van der Waals surface area contributed by atoms with Crippen LogP contribution in [0, 0.1) is 0 Å². The molecule has 1 aliphatic rings. The summed E-state index contributed by atoms with van der Waals surface area (Å²) in [5, 5.41) is 4.11. The van der Waals surface area contributed by atoms with E-state index in [4.69, 9.17) is 9.47 Å². The summed E-state index contributed by atoms with van der Waals surface area (Å²) in [7, 11) is -0.286. The molecule has 124 valence electrons. The molecule has 23 heavy (non-hydrogen) atoms. The molecule has 0 saturated carbocycles. The van der Waals surface area contributed by atoms with E-state index in [1.165, 1.54) is 0 Å². The smallest absolute Gasteiger partial charge is 0.241 e. The standard InChI is InChI=1S/C15H19N3O4S/c1-18-8-12(7-16-18)11-4-3-5-13(6-11)23(19,20)17-14-9-22-10-15(14)21-2/h3-8,14-15,17H,9-10H2,1-2H3/t14-,15-/m0/s1. The number of rotatable bonds is 5. The molecule has 0 unspecified atom stereocenters. The first-order chi connectivity index (χ1) is 11.0. The molecule has 1 saturated heterocycles. The summed E-state index contributed by atoms with van der Waals surface area (Å²) < 4.78 is 40.0. The van der Waals surface area contributed by atoms with E-state index in [2.05, 4.69) is 9.82 Å². The molecule has 1 fully saturated rings. The number of hydrogen-bond donors (Lipinski definition) is 1. The third-order valence-electron chi connectivity index (χ3n) is 3.82. The van der Waals surface area contributed by atoms with Gasteiger partial charge in [0.05, 0.1) is 36.5 Å². The molecule has 0 radical (unpaired) electrons. The molecule has 0 spiro atoms. The Hall–Kier alpha value is -1.74. The second-order valence-corrected chi connectivity index (χ2v) is 7.18. The van der Waals surface area contributed by atoms with Crippen LogP contribution in [-0.4, -0.2) is 50.7 Å². The highest BCUT2D eigenvalue weighted by Crippen LogP contribution is 2.22. The zero-order valence-corrected chi connectivity index (χ0v) is 13.8. The zero-order chi connectivity index (χ0) is 16.4. The molecule has 8 heteroatoms. The van der Waals surface area contributed by atoms with Crippen LogP contribution in [0.25, 0.3) is 11.1 Å². The summed E-state index contributed by atoms with van der Waals surface area (Å²) >= 11 is 0. The van der Waals surface area contributed by atoms with E-state index < -0.39 is 10.0 Å². The Morgan fingerprint density at radius 3 is 2.87 bits per heavy atom. The van der Waals surface area contributed by atoms with Gasteiger partial charge in [-0.3, -0.25) is 4.68 Å². The molecule has 0 amide bonds. The Balaban J connectivity index is 1.85. The SMILES string of the molecule is CO[C@H]1COC[C@@H]1NS(=O)(=O)c1cccc(-c2cnn(C)c2)c1. The Bertz CT molecular complexity index is 788. The van der Waals surface area contributed by atoms with Crippen LogP contribution in [0.1, 0.15) is 0 Å². The van der Waals surface area contributed by atoms with Gasteiger partial charge in [-0.1, -0.05) is 12.1 Å². The van der Waals surface area contributed by atoms with E-state index in [9.17, 15) is 8.42 Å². The maximum Gasteiger partial charge on any atom is 0.241 e. The van der Waals surface area contributed by atoms with Crippen molar-refractivity contribution < 1.29 is 17.9 Å². The molecule has 1 aliphatic heterocycles. The summed E-state index contributed by atoms with van der Waals surface area (Å²) in [6, 6.07) is 6.39. The van der Waals surface area contributed by atoms with Crippen molar-refractivity contribution in [2.24, 2.45) is 7.05 Å². The minimum atomic E-state index is -3.65. The number of benzene rings is 1. The van der Waals surface area contributed by atoms with Crippen LogP contribution in [0.15, 0.2) is 41.6 Å². The maximum absolute atomic E-state index is 12.6. The molecule has 1 aromatic heterocycles. The average molecular weight is 337 g/mol. The summed E-state index contributed by atoms with van der Waals surface area (Å²) in [6.45, 7) is 0.694. The summed E-state index contributed by atoms with van der Waals surface area (Å²) in [5.41, 5.74) is 1.66. The van der Waals surface area contributed by atoms with Crippen molar-refractivity contribution in [3.63, 3.8) is 0 Å². The van der Waals surface area contributed by atoms with E-state index in [1.807, 2.05) is 19.3 Å². The van der Waals surface area contributed by atoms with Crippen molar-refractivity contribution in [3.05, 3.63) is 36.7 Å². The lowest BCUT2D eigenvalue weighted by Gasteiger charge is -2.17. The van der Waals surface area contributed by atoms with Crippen LogP contribution in [0.4, 0.5) is 0 Å². The van der Waals surface area contributed by atoms with Crippen LogP contribution in [-0.2, 0) is 26.5 Å². The highest BCUT2D eigenvalue weighted by molar-refractivity contribution is 7.89. The van der Waals surface area contributed by atoms with Crippen LogP contribution in [0.5, 0.6) is 0 Å². The van der Waals surface area contributed by atoms with Crippen LogP contribution < -0.4 is 4.72 Å². The van der Waals surface area contributed by atoms with Gasteiger partial charge in [-0.2, -0.15) is 5.10 Å². The summed E-state index contributed by atoms with van der Waals surface area (Å²) in [6.07, 6.45) is 3.27. The number of ether oxygens (including phenoxy) is 2. The van der Waals surface area contributed by atoms with Gasteiger partial charge in [-0.25, -0.2) is 13.1 Å². The van der Waals surface area contributed by atoms with Gasteiger partial charge in [0.1, 0.15) is 0 Å². The predicted molar refractivity (Wildman–Crippen MR) is 84.4 cm³/mol. The highest BCUT2D eigenvalue weighted by atomic mass is 32.2. The van der Waals surface area contributed by atoms with Gasteiger partial charge in [-0.05, 0) is 17.7 Å². The number of methoxy groups -OCH3 is 1. The highest BCUT2D eigenvalue weighted by Gasteiger charge is 2.32. The molecule has 2 atom stereocenters. The fraction of sp³-hybridized carbons (Fsp3) is 0.400. The topological polar surface area (TPSA) is 82.4 Å². The monoisotopic (exact) mass is 337 g/mol. The average Bonchev–Trinajstić information content (AvgIpc) is 3.15. The molecule has 2 heterocycles. The molecule has 0 aliphatic carbocycles. The fourth-order valence-corrected chi connectivity index (χ4v) is 3.85. The first-order valence-electron chi connectivity index (χ1n) is 7.21. The zero-order valence-electron chi connectivity index (χ0n) is 13.0. The van der Waals surface area contributed by atoms with Crippen LogP contribution >= 0.6 is 0 Å². The van der Waals surface area contributed by atoms with E-state index in [0.29, 0.717) is 13.2 Å². The van der Waals surface area contributed by atoms with Crippen molar-refractivity contribution >= 4 is 10.0 Å². The van der Waals surface area contributed by atoms with Crippen molar-refractivity contribution in [3.8, 4) is 11.1 Å². The molecular formula is C15H19N3O4S. The summed E-state index contributed by atoms with van der Waals surface area (Å²) in [5.74, 6) is 0. The van der Waals surface area contributed by atoms with Crippen molar-refractivity contribution in [1.82, 2.24) is 14.5 Å². The third kappa shape index (κ3) is 3.45. The number of aromatic nitrogens is 2. The van der Waals surface area contributed by atoms with Gasteiger partial charge in [0.15, 0.2) is 0 Å². The number of hydrogen-bond acceptors (Lipinski definition) is 5. The number of nitrogens with zero attached hydrogens (tertiary/aromatic N) is 2. The van der Waals surface area contributed by atoms with E-state index in [1.54, 1.807) is 36.2 Å². The minimum absolute atomic E-state index is 0.209. The van der Waals surface area contributed by atoms with Crippen LogP contribution in [0.3, 0.4) is 0 Å². The molecular weight excluding hydrogens is 318 g/mol. The van der Waals surface area contributed by atoms with Gasteiger partial charge in [-0.15, -0.1) is 0 Å². The van der Waals surface area contributed by atoms with Gasteiger partial charge in [0.2, 0.25) is 10.0 Å². The molecule has 2 aromatic rings. The molecule has 0 bridgehead atoms. The normalized spacial score (nSPS) is 21.7. The first-order valence-corrected chi connectivity index (χ1v) is 8.70. The Labute approximate surface area is 135 Å². The Morgan fingerprint density at radius 2 is 2.17 bits per heavy atom. The Kier molecular flexibility index (Phi) is 4.49. The van der Waals surface area contributed by atoms with Crippen molar-refractivity contribution in [1.29, 1.82) is 0 Å². The largest absolute Gasteiger partial charge is 0.377 e. The second-order valence-electron chi connectivity index (χ2n) is 5.47. The lowest BCUT2D eigenvalue weighted by Crippen LogP contribution is -2.43. The van der Waals surface area contributed by atoms with E-state index in [0.717, 1.165) is 11.1 Å². The van der Waals surface area contributed by atoms with Gasteiger partial charge in [0.25, 0.3) is 0 Å². The number of nitrogens with one attached hydrogen (secondary N) is 1. The van der Waals surface area contributed by atoms with Gasteiger partial charge >= 0.3 is 0 Å². The van der Waals surface area contributed by atoms with Gasteiger partial charge in [0, 0.05) is 25.9 Å². The minimum Gasteiger partial charge on any atom is -0.377 e. The summed E-state index contributed by atoms with van der Waals surface area (Å²) in [4.78, 5) is 0.209. The number of aryl methyl sites for hydroxylation is 1. The lowest BCUT2D eigenvalue weighted by atomic mass is 10.1. The molecule has 7 nitrogen and oxygen atoms in total. The van der Waals surface area contributed by atoms with E-state index >= 15 is 0 Å². The van der Waals surface area contributed by atoms with Crippen molar-refractivity contribution in [2.75, 3.05) is 20.3 Å². The van der Waals surface area contributed by atoms with Gasteiger partial charge < -0.3 is 9.47 Å². The quantitative estimate of drug-likeness (QED) is 0.872.